The summed E-state index contributed by atoms with van der Waals surface area (Å²) in [5.41, 5.74) is 7.67. The predicted octanol–water partition coefficient (Wildman–Crippen LogP) is 3.59. The lowest BCUT2D eigenvalue weighted by Gasteiger charge is -2.19. The highest BCUT2D eigenvalue weighted by atomic mass is 32.2. The lowest BCUT2D eigenvalue weighted by atomic mass is 9.92. The van der Waals surface area contributed by atoms with Crippen LogP contribution >= 0.6 is 11.8 Å². The summed E-state index contributed by atoms with van der Waals surface area (Å²) in [5.74, 6) is 3.14. The van der Waals surface area contributed by atoms with Crippen LogP contribution in [-0.4, -0.2) is 11.5 Å². The van der Waals surface area contributed by atoms with Gasteiger partial charge >= 0.3 is 0 Å². The van der Waals surface area contributed by atoms with Gasteiger partial charge in [-0.15, -0.1) is 0 Å². The van der Waals surface area contributed by atoms with Gasteiger partial charge in [0, 0.05) is 6.04 Å². The van der Waals surface area contributed by atoms with Gasteiger partial charge in [-0.2, -0.15) is 11.8 Å². The Hall–Kier alpha value is -0.990. The van der Waals surface area contributed by atoms with Gasteiger partial charge in [0.05, 0.1) is 0 Å². The maximum Gasteiger partial charge on any atom is 0.0331 e. The lowest BCUT2D eigenvalue weighted by Crippen LogP contribution is -2.20. The van der Waals surface area contributed by atoms with Crippen molar-refractivity contribution in [1.29, 1.82) is 0 Å². The van der Waals surface area contributed by atoms with Gasteiger partial charge in [0.2, 0.25) is 0 Å². The highest BCUT2D eigenvalue weighted by Crippen LogP contribution is 2.33. The molecule has 2 unspecified atom stereocenters. The average molecular weight is 243 g/mol. The average Bonchev–Trinajstić information content (AvgIpc) is 2.91. The monoisotopic (exact) mass is 243 g/mol. The van der Waals surface area contributed by atoms with Crippen LogP contribution in [0.15, 0.2) is 42.5 Å². The van der Waals surface area contributed by atoms with E-state index in [2.05, 4.69) is 42.5 Å². The van der Waals surface area contributed by atoms with E-state index < -0.39 is 0 Å². The Morgan fingerprint density at radius 3 is 2.71 bits per heavy atom. The summed E-state index contributed by atoms with van der Waals surface area (Å²) in [6.45, 7) is 0. The van der Waals surface area contributed by atoms with Crippen molar-refractivity contribution < 1.29 is 0 Å². The minimum Gasteiger partial charge on any atom is -0.324 e. The first-order valence-electron chi connectivity index (χ1n) is 6.16. The van der Waals surface area contributed by atoms with Gasteiger partial charge in [0.1, 0.15) is 0 Å². The molecule has 2 aromatic rings. The topological polar surface area (TPSA) is 26.0 Å². The summed E-state index contributed by atoms with van der Waals surface area (Å²) in [6, 6.07) is 15.3. The molecule has 0 aromatic heterocycles. The molecule has 88 valence electrons. The molecular formula is C15H17NS. The molecule has 1 aliphatic rings. The van der Waals surface area contributed by atoms with Crippen molar-refractivity contribution in [3.8, 4) is 0 Å². The molecule has 0 saturated carbocycles. The van der Waals surface area contributed by atoms with Gasteiger partial charge in [0.15, 0.2) is 0 Å². The second-order valence-electron chi connectivity index (χ2n) is 4.76. The van der Waals surface area contributed by atoms with Crippen LogP contribution in [0, 0.1) is 5.92 Å². The standard InChI is InChI=1S/C15H17NS/c16-15(14-7-8-17-10-14)13-6-5-11-3-1-2-4-12(11)9-13/h1-6,9,14-15H,7-8,10,16H2. The molecule has 1 nitrogen and oxygen atoms in total. The molecule has 1 fully saturated rings. The summed E-state index contributed by atoms with van der Waals surface area (Å²) >= 11 is 2.03. The van der Waals surface area contributed by atoms with Crippen molar-refractivity contribution >= 4 is 22.5 Å². The summed E-state index contributed by atoms with van der Waals surface area (Å²) in [4.78, 5) is 0. The number of nitrogens with two attached hydrogens (primary N) is 1. The van der Waals surface area contributed by atoms with Gasteiger partial charge in [-0.3, -0.25) is 0 Å². The number of hydrogen-bond acceptors (Lipinski definition) is 2. The third kappa shape index (κ3) is 2.20. The number of fused-ring (bicyclic) bond motifs is 1. The molecule has 3 rings (SSSR count). The normalized spacial score (nSPS) is 21.8. The Morgan fingerprint density at radius 1 is 1.12 bits per heavy atom. The minimum absolute atomic E-state index is 0.203. The molecule has 2 aromatic carbocycles. The minimum atomic E-state index is 0.203. The van der Waals surface area contributed by atoms with Crippen LogP contribution in [0.25, 0.3) is 10.8 Å². The predicted molar refractivity (Wildman–Crippen MR) is 76.3 cm³/mol. The van der Waals surface area contributed by atoms with Crippen molar-refractivity contribution in [2.45, 2.75) is 12.5 Å². The van der Waals surface area contributed by atoms with Crippen LogP contribution in [0.1, 0.15) is 18.0 Å². The number of benzene rings is 2. The van der Waals surface area contributed by atoms with Gasteiger partial charge in [-0.05, 0) is 46.2 Å². The van der Waals surface area contributed by atoms with E-state index in [1.54, 1.807) is 0 Å². The first-order valence-corrected chi connectivity index (χ1v) is 7.32. The van der Waals surface area contributed by atoms with Crippen molar-refractivity contribution in [2.24, 2.45) is 11.7 Å². The number of hydrogen-bond donors (Lipinski definition) is 1. The zero-order chi connectivity index (χ0) is 11.7. The van der Waals surface area contributed by atoms with Crippen molar-refractivity contribution in [3.05, 3.63) is 48.0 Å². The SMILES string of the molecule is NC(c1ccc2ccccc2c1)C1CCSC1. The van der Waals surface area contributed by atoms with E-state index in [-0.39, 0.29) is 6.04 Å². The van der Waals surface area contributed by atoms with Crippen LogP contribution in [0.4, 0.5) is 0 Å². The zero-order valence-corrected chi connectivity index (χ0v) is 10.6. The third-order valence-corrected chi connectivity index (χ3v) is 4.82. The van der Waals surface area contributed by atoms with Crippen LogP contribution in [0.3, 0.4) is 0 Å². The van der Waals surface area contributed by atoms with Crippen LogP contribution in [-0.2, 0) is 0 Å². The van der Waals surface area contributed by atoms with E-state index in [4.69, 9.17) is 5.73 Å². The highest BCUT2D eigenvalue weighted by molar-refractivity contribution is 7.99. The second-order valence-corrected chi connectivity index (χ2v) is 5.91. The van der Waals surface area contributed by atoms with E-state index in [0.29, 0.717) is 5.92 Å². The largest absolute Gasteiger partial charge is 0.324 e. The maximum atomic E-state index is 6.38. The third-order valence-electron chi connectivity index (χ3n) is 3.63. The Labute approximate surface area is 106 Å². The summed E-state index contributed by atoms with van der Waals surface area (Å²) in [7, 11) is 0. The molecule has 2 heteroatoms. The van der Waals surface area contributed by atoms with Gasteiger partial charge in [0.25, 0.3) is 0 Å². The van der Waals surface area contributed by atoms with Crippen molar-refractivity contribution in [2.75, 3.05) is 11.5 Å². The second kappa shape index (κ2) is 4.71. The van der Waals surface area contributed by atoms with E-state index >= 15 is 0 Å². The summed E-state index contributed by atoms with van der Waals surface area (Å²) in [6.07, 6.45) is 1.26. The van der Waals surface area contributed by atoms with E-state index in [9.17, 15) is 0 Å². The van der Waals surface area contributed by atoms with Gasteiger partial charge in [-0.1, -0.05) is 36.4 Å². The fourth-order valence-electron chi connectivity index (χ4n) is 2.52. The summed E-state index contributed by atoms with van der Waals surface area (Å²) in [5, 5.41) is 2.59. The van der Waals surface area contributed by atoms with Gasteiger partial charge in [-0.25, -0.2) is 0 Å². The van der Waals surface area contributed by atoms with E-state index in [1.807, 2.05) is 11.8 Å². The highest BCUT2D eigenvalue weighted by Gasteiger charge is 2.23. The summed E-state index contributed by atoms with van der Waals surface area (Å²) < 4.78 is 0. The fourth-order valence-corrected chi connectivity index (χ4v) is 3.84. The molecule has 0 bridgehead atoms. The molecule has 0 radical (unpaired) electrons. The van der Waals surface area contributed by atoms with E-state index in [0.717, 1.165) is 0 Å². The fraction of sp³-hybridized carbons (Fsp3) is 0.333. The maximum absolute atomic E-state index is 6.38. The Bertz CT molecular complexity index is 517. The van der Waals surface area contributed by atoms with Crippen LogP contribution < -0.4 is 5.73 Å². The number of rotatable bonds is 2. The van der Waals surface area contributed by atoms with Crippen molar-refractivity contribution in [3.63, 3.8) is 0 Å². The molecule has 17 heavy (non-hydrogen) atoms. The first-order chi connectivity index (χ1) is 8.34. The van der Waals surface area contributed by atoms with Crippen LogP contribution in [0.5, 0.6) is 0 Å². The Morgan fingerprint density at radius 2 is 1.94 bits per heavy atom. The van der Waals surface area contributed by atoms with Crippen LogP contribution in [0.2, 0.25) is 0 Å². The molecule has 1 aliphatic heterocycles. The Kier molecular flexibility index (Phi) is 3.08. The molecule has 0 amide bonds. The zero-order valence-electron chi connectivity index (χ0n) is 9.80. The van der Waals surface area contributed by atoms with Gasteiger partial charge < -0.3 is 5.73 Å². The molecular weight excluding hydrogens is 226 g/mol. The molecule has 1 saturated heterocycles. The molecule has 0 spiro atoms. The Balaban J connectivity index is 1.94. The number of thioether (sulfide) groups is 1. The molecule has 2 atom stereocenters. The molecule has 1 heterocycles. The smallest absolute Gasteiger partial charge is 0.0331 e. The lowest BCUT2D eigenvalue weighted by molar-refractivity contribution is 0.482. The van der Waals surface area contributed by atoms with E-state index in [1.165, 1.54) is 34.3 Å². The molecule has 0 aliphatic carbocycles. The quantitative estimate of drug-likeness (QED) is 0.872. The molecule has 2 N–H and O–H groups in total. The first kappa shape index (κ1) is 11.1. The van der Waals surface area contributed by atoms with Crippen molar-refractivity contribution in [1.82, 2.24) is 0 Å².